The van der Waals surface area contributed by atoms with Crippen LogP contribution < -0.4 is 11.1 Å². The van der Waals surface area contributed by atoms with Crippen LogP contribution in [0.3, 0.4) is 0 Å². The van der Waals surface area contributed by atoms with E-state index in [1.54, 1.807) is 0 Å². The van der Waals surface area contributed by atoms with Crippen molar-refractivity contribution in [2.24, 2.45) is 11.7 Å². The van der Waals surface area contributed by atoms with Crippen LogP contribution in [-0.4, -0.2) is 28.0 Å². The van der Waals surface area contributed by atoms with E-state index in [9.17, 15) is 4.79 Å². The van der Waals surface area contributed by atoms with Gasteiger partial charge in [0.2, 0.25) is 5.91 Å². The maximum Gasteiger partial charge on any atom is 0.237 e. The number of aromatic nitrogens is 2. The van der Waals surface area contributed by atoms with Crippen molar-refractivity contribution >= 4 is 16.9 Å². The zero-order valence-electron chi connectivity index (χ0n) is 13.0. The number of fused-ring (bicyclic) bond motifs is 1. The van der Waals surface area contributed by atoms with Crippen LogP contribution in [0, 0.1) is 12.8 Å². The highest BCUT2D eigenvalue weighted by Crippen LogP contribution is 2.15. The molecule has 21 heavy (non-hydrogen) atoms. The first-order valence-corrected chi connectivity index (χ1v) is 7.46. The predicted molar refractivity (Wildman–Crippen MR) is 84.9 cm³/mol. The SMILES string of the molecule is Cc1nc2ccccc2n1CCCNC(=O)[C@@H](N)C(C)C. The van der Waals surface area contributed by atoms with Crippen molar-refractivity contribution in [3.05, 3.63) is 30.1 Å². The fourth-order valence-corrected chi connectivity index (χ4v) is 2.35. The molecule has 0 unspecified atom stereocenters. The first kappa shape index (κ1) is 15.5. The molecule has 1 aromatic heterocycles. The van der Waals surface area contributed by atoms with Gasteiger partial charge in [0.15, 0.2) is 0 Å². The third kappa shape index (κ3) is 3.61. The van der Waals surface area contributed by atoms with E-state index in [0.717, 1.165) is 29.8 Å². The number of nitrogens with two attached hydrogens (primary N) is 1. The molecule has 2 aromatic rings. The van der Waals surface area contributed by atoms with E-state index < -0.39 is 6.04 Å². The van der Waals surface area contributed by atoms with Crippen LogP contribution in [-0.2, 0) is 11.3 Å². The molecule has 3 N–H and O–H groups in total. The molecule has 0 fully saturated rings. The van der Waals surface area contributed by atoms with Crippen molar-refractivity contribution < 1.29 is 4.79 Å². The molecule has 1 amide bonds. The number of aryl methyl sites for hydroxylation is 2. The quantitative estimate of drug-likeness (QED) is 0.797. The first-order valence-electron chi connectivity index (χ1n) is 7.46. The molecule has 114 valence electrons. The van der Waals surface area contributed by atoms with E-state index in [0.29, 0.717) is 6.54 Å². The van der Waals surface area contributed by atoms with Crippen LogP contribution in [0.15, 0.2) is 24.3 Å². The number of rotatable bonds is 6. The zero-order valence-corrected chi connectivity index (χ0v) is 13.0. The molecule has 0 bridgehead atoms. The molecule has 0 aliphatic heterocycles. The van der Waals surface area contributed by atoms with E-state index in [-0.39, 0.29) is 11.8 Å². The van der Waals surface area contributed by atoms with Gasteiger partial charge in [-0.25, -0.2) is 4.98 Å². The first-order chi connectivity index (χ1) is 10.0. The second-order valence-electron chi connectivity index (χ2n) is 5.71. The molecule has 0 saturated heterocycles. The van der Waals surface area contributed by atoms with Gasteiger partial charge in [-0.15, -0.1) is 0 Å². The maximum atomic E-state index is 11.8. The van der Waals surface area contributed by atoms with Crippen LogP contribution in [0.25, 0.3) is 11.0 Å². The fraction of sp³-hybridized carbons (Fsp3) is 0.500. The third-order valence-corrected chi connectivity index (χ3v) is 3.72. The molecule has 0 saturated carbocycles. The number of carbonyl (C=O) groups excluding carboxylic acids is 1. The van der Waals surface area contributed by atoms with E-state index in [1.165, 1.54) is 0 Å². The number of nitrogens with zero attached hydrogens (tertiary/aromatic N) is 2. The Morgan fingerprint density at radius 1 is 1.38 bits per heavy atom. The zero-order chi connectivity index (χ0) is 15.4. The lowest BCUT2D eigenvalue weighted by Gasteiger charge is -2.15. The third-order valence-electron chi connectivity index (χ3n) is 3.72. The number of imidazole rings is 1. The van der Waals surface area contributed by atoms with Crippen molar-refractivity contribution in [1.82, 2.24) is 14.9 Å². The summed E-state index contributed by atoms with van der Waals surface area (Å²) in [4.78, 5) is 16.3. The fourth-order valence-electron chi connectivity index (χ4n) is 2.35. The number of para-hydroxylation sites is 2. The number of hydrogen-bond donors (Lipinski definition) is 2. The summed E-state index contributed by atoms with van der Waals surface area (Å²) >= 11 is 0. The van der Waals surface area contributed by atoms with Crippen LogP contribution in [0.2, 0.25) is 0 Å². The van der Waals surface area contributed by atoms with Gasteiger partial charge in [0.1, 0.15) is 5.82 Å². The molecule has 0 radical (unpaired) electrons. The van der Waals surface area contributed by atoms with Crippen LogP contribution >= 0.6 is 0 Å². The van der Waals surface area contributed by atoms with Crippen molar-refractivity contribution in [1.29, 1.82) is 0 Å². The average Bonchev–Trinajstić information content (AvgIpc) is 2.78. The predicted octanol–water partition coefficient (Wildman–Crippen LogP) is 1.83. The minimum Gasteiger partial charge on any atom is -0.355 e. The number of benzene rings is 1. The molecular formula is C16H24N4O. The molecule has 5 heteroatoms. The summed E-state index contributed by atoms with van der Waals surface area (Å²) < 4.78 is 2.18. The minimum atomic E-state index is -0.430. The Hall–Kier alpha value is -1.88. The van der Waals surface area contributed by atoms with Gasteiger partial charge in [-0.05, 0) is 31.4 Å². The highest BCUT2D eigenvalue weighted by molar-refractivity contribution is 5.81. The van der Waals surface area contributed by atoms with Crippen molar-refractivity contribution in [2.45, 2.75) is 39.8 Å². The Morgan fingerprint density at radius 3 is 2.81 bits per heavy atom. The standard InChI is InChI=1S/C16H24N4O/c1-11(2)15(17)16(21)18-9-6-10-20-12(3)19-13-7-4-5-8-14(13)20/h4-5,7-8,11,15H,6,9-10,17H2,1-3H3,(H,18,21)/t15-/m0/s1. The van der Waals surface area contributed by atoms with Gasteiger partial charge < -0.3 is 15.6 Å². The van der Waals surface area contributed by atoms with Gasteiger partial charge in [-0.2, -0.15) is 0 Å². The summed E-state index contributed by atoms with van der Waals surface area (Å²) in [6.07, 6.45) is 0.859. The van der Waals surface area contributed by atoms with Crippen molar-refractivity contribution in [3.8, 4) is 0 Å². The summed E-state index contributed by atoms with van der Waals surface area (Å²) in [5, 5.41) is 2.90. The minimum absolute atomic E-state index is 0.0720. The Kier molecular flexibility index (Phi) is 4.96. The van der Waals surface area contributed by atoms with Crippen LogP contribution in [0.5, 0.6) is 0 Å². The van der Waals surface area contributed by atoms with Gasteiger partial charge >= 0.3 is 0 Å². The van der Waals surface area contributed by atoms with E-state index >= 15 is 0 Å². The summed E-state index contributed by atoms with van der Waals surface area (Å²) in [7, 11) is 0. The molecule has 1 heterocycles. The molecular weight excluding hydrogens is 264 g/mol. The summed E-state index contributed by atoms with van der Waals surface area (Å²) in [6.45, 7) is 7.37. The van der Waals surface area contributed by atoms with E-state index in [4.69, 9.17) is 5.73 Å². The van der Waals surface area contributed by atoms with Crippen molar-refractivity contribution in [2.75, 3.05) is 6.54 Å². The Morgan fingerprint density at radius 2 is 2.10 bits per heavy atom. The summed E-state index contributed by atoms with van der Waals surface area (Å²) in [6, 6.07) is 7.67. The lowest BCUT2D eigenvalue weighted by atomic mass is 10.1. The monoisotopic (exact) mass is 288 g/mol. The number of carbonyl (C=O) groups is 1. The summed E-state index contributed by atoms with van der Waals surface area (Å²) in [5.74, 6) is 1.09. The van der Waals surface area contributed by atoms with Gasteiger partial charge in [-0.1, -0.05) is 26.0 Å². The van der Waals surface area contributed by atoms with Gasteiger partial charge in [0, 0.05) is 13.1 Å². The van der Waals surface area contributed by atoms with Gasteiger partial charge in [-0.3, -0.25) is 4.79 Å². The Balaban J connectivity index is 1.88. The highest BCUT2D eigenvalue weighted by Gasteiger charge is 2.16. The molecule has 2 rings (SSSR count). The number of hydrogen-bond acceptors (Lipinski definition) is 3. The maximum absolute atomic E-state index is 11.8. The normalized spacial score (nSPS) is 12.8. The lowest BCUT2D eigenvalue weighted by Crippen LogP contribution is -2.44. The number of nitrogens with one attached hydrogen (secondary N) is 1. The average molecular weight is 288 g/mol. The second-order valence-corrected chi connectivity index (χ2v) is 5.71. The summed E-state index contributed by atoms with van der Waals surface area (Å²) in [5.41, 5.74) is 7.96. The van der Waals surface area contributed by atoms with Crippen molar-refractivity contribution in [3.63, 3.8) is 0 Å². The second kappa shape index (κ2) is 6.72. The Bertz CT molecular complexity index is 618. The molecule has 0 aliphatic carbocycles. The van der Waals surface area contributed by atoms with Crippen LogP contribution in [0.1, 0.15) is 26.1 Å². The highest BCUT2D eigenvalue weighted by atomic mass is 16.2. The van der Waals surface area contributed by atoms with Gasteiger partial charge in [0.25, 0.3) is 0 Å². The van der Waals surface area contributed by atoms with Crippen LogP contribution in [0.4, 0.5) is 0 Å². The topological polar surface area (TPSA) is 72.9 Å². The smallest absolute Gasteiger partial charge is 0.237 e. The largest absolute Gasteiger partial charge is 0.355 e. The van der Waals surface area contributed by atoms with E-state index in [1.807, 2.05) is 39.0 Å². The Labute approximate surface area is 125 Å². The lowest BCUT2D eigenvalue weighted by molar-refractivity contribution is -0.123. The molecule has 1 aromatic carbocycles. The number of amides is 1. The molecule has 0 aliphatic rings. The molecule has 0 spiro atoms. The van der Waals surface area contributed by atoms with E-state index in [2.05, 4.69) is 20.9 Å². The van der Waals surface area contributed by atoms with Gasteiger partial charge in [0.05, 0.1) is 17.1 Å². The molecule has 1 atom stereocenters. The molecule has 5 nitrogen and oxygen atoms in total.